The van der Waals surface area contributed by atoms with Crippen molar-refractivity contribution in [1.82, 2.24) is 15.5 Å². The number of amides is 1. The van der Waals surface area contributed by atoms with Crippen LogP contribution in [0.15, 0.2) is 36.4 Å². The minimum absolute atomic E-state index is 0.105. The van der Waals surface area contributed by atoms with E-state index < -0.39 is 10.8 Å². The summed E-state index contributed by atoms with van der Waals surface area (Å²) in [5, 5.41) is 21.6. The molecule has 10 heteroatoms. The first-order valence-corrected chi connectivity index (χ1v) is 8.70. The monoisotopic (exact) mass is 408 g/mol. The minimum atomic E-state index is -0.520. The Morgan fingerprint density at radius 1 is 1.26 bits per heavy atom. The van der Waals surface area contributed by atoms with Gasteiger partial charge in [-0.25, -0.2) is 0 Å². The van der Waals surface area contributed by atoms with Gasteiger partial charge in [0.15, 0.2) is 5.69 Å². The van der Waals surface area contributed by atoms with Crippen LogP contribution in [-0.4, -0.2) is 34.2 Å². The molecule has 27 heavy (non-hydrogen) atoms. The molecule has 3 aromatic rings. The van der Waals surface area contributed by atoms with Crippen LogP contribution in [0.1, 0.15) is 16.9 Å². The molecule has 8 nitrogen and oxygen atoms in total. The molecule has 0 spiro atoms. The van der Waals surface area contributed by atoms with Gasteiger partial charge in [-0.15, -0.1) is 0 Å². The van der Waals surface area contributed by atoms with Crippen molar-refractivity contribution in [1.29, 1.82) is 0 Å². The Morgan fingerprint density at radius 3 is 2.81 bits per heavy atom. The molecule has 1 aromatic heterocycles. The van der Waals surface area contributed by atoms with Gasteiger partial charge >= 0.3 is 0 Å². The van der Waals surface area contributed by atoms with Crippen LogP contribution in [0.3, 0.4) is 0 Å². The smallest absolute Gasteiger partial charge is 0.272 e. The van der Waals surface area contributed by atoms with Gasteiger partial charge in [0.05, 0.1) is 22.1 Å². The number of ether oxygens (including phenoxy) is 1. The van der Waals surface area contributed by atoms with E-state index in [1.807, 2.05) is 0 Å². The Labute approximate surface area is 163 Å². The summed E-state index contributed by atoms with van der Waals surface area (Å²) in [6.07, 6.45) is 0.535. The van der Waals surface area contributed by atoms with Crippen LogP contribution in [0, 0.1) is 10.1 Å². The first-order valence-electron chi connectivity index (χ1n) is 7.94. The molecule has 1 amide bonds. The number of nitrogens with one attached hydrogen (secondary N) is 2. The lowest BCUT2D eigenvalue weighted by Crippen LogP contribution is -2.26. The predicted octanol–water partition coefficient (Wildman–Crippen LogP) is 3.98. The van der Waals surface area contributed by atoms with Gasteiger partial charge < -0.3 is 10.1 Å². The van der Waals surface area contributed by atoms with Crippen LogP contribution >= 0.6 is 23.2 Å². The van der Waals surface area contributed by atoms with Crippen molar-refractivity contribution in [3.05, 3.63) is 62.3 Å². The van der Waals surface area contributed by atoms with Gasteiger partial charge in [-0.05, 0) is 30.7 Å². The Morgan fingerprint density at radius 2 is 2.07 bits per heavy atom. The standard InChI is InChI=1S/C17H14Cl2N4O4/c18-10-2-5-15(13(19)8-10)27-7-1-6-20-17(24)16-12-9-11(23(25)26)3-4-14(12)21-22-16/h2-5,8-9H,1,6-7H2,(H,20,24)(H,21,22). The highest BCUT2D eigenvalue weighted by molar-refractivity contribution is 6.35. The Balaban J connectivity index is 1.54. The number of carbonyl (C=O) groups is 1. The highest BCUT2D eigenvalue weighted by Crippen LogP contribution is 2.27. The molecule has 0 aliphatic rings. The maximum Gasteiger partial charge on any atom is 0.272 e. The Bertz CT molecular complexity index is 1010. The summed E-state index contributed by atoms with van der Waals surface area (Å²) in [6.45, 7) is 0.682. The number of hydrogen-bond acceptors (Lipinski definition) is 5. The Hall–Kier alpha value is -2.84. The van der Waals surface area contributed by atoms with E-state index in [4.69, 9.17) is 27.9 Å². The second-order valence-corrected chi connectivity index (χ2v) is 6.44. The fraction of sp³-hybridized carbons (Fsp3) is 0.176. The fourth-order valence-electron chi connectivity index (χ4n) is 2.42. The summed E-state index contributed by atoms with van der Waals surface area (Å²) in [5.74, 6) is 0.0873. The van der Waals surface area contributed by atoms with E-state index in [2.05, 4.69) is 15.5 Å². The third-order valence-corrected chi connectivity index (χ3v) is 4.26. The van der Waals surface area contributed by atoms with Crippen molar-refractivity contribution in [3.8, 4) is 5.75 Å². The van der Waals surface area contributed by atoms with Crippen molar-refractivity contribution in [3.63, 3.8) is 0 Å². The number of nitrogens with zero attached hydrogens (tertiary/aromatic N) is 2. The van der Waals surface area contributed by atoms with Crippen LogP contribution in [0.25, 0.3) is 10.9 Å². The molecule has 2 aromatic carbocycles. The SMILES string of the molecule is O=C(NCCCOc1ccc(Cl)cc1Cl)c1n[nH]c2ccc([N+](=O)[O-])cc12. The third-order valence-electron chi connectivity index (χ3n) is 3.73. The minimum Gasteiger partial charge on any atom is -0.492 e. The first kappa shape index (κ1) is 18.9. The molecule has 140 valence electrons. The van der Waals surface area contributed by atoms with Crippen LogP contribution in [0.2, 0.25) is 10.0 Å². The average molecular weight is 409 g/mol. The summed E-state index contributed by atoms with van der Waals surface area (Å²) in [5.41, 5.74) is 0.549. The van der Waals surface area contributed by atoms with Crippen molar-refractivity contribution in [2.75, 3.05) is 13.2 Å². The number of non-ortho nitro benzene ring substituents is 1. The van der Waals surface area contributed by atoms with E-state index in [1.54, 1.807) is 18.2 Å². The molecule has 0 atom stereocenters. The van der Waals surface area contributed by atoms with Gasteiger partial charge in [-0.2, -0.15) is 5.10 Å². The molecule has 1 heterocycles. The molecule has 0 unspecified atom stereocenters. The number of H-pyrrole nitrogens is 1. The van der Waals surface area contributed by atoms with Crippen molar-refractivity contribution in [2.24, 2.45) is 0 Å². The number of rotatable bonds is 7. The van der Waals surface area contributed by atoms with Gasteiger partial charge in [0, 0.05) is 29.1 Å². The van der Waals surface area contributed by atoms with Crippen molar-refractivity contribution in [2.45, 2.75) is 6.42 Å². The van der Waals surface area contributed by atoms with Gasteiger partial charge in [0.2, 0.25) is 0 Å². The Kier molecular flexibility index (Phi) is 5.78. The number of nitro groups is 1. The molecular formula is C17H14Cl2N4O4. The zero-order chi connectivity index (χ0) is 19.4. The zero-order valence-electron chi connectivity index (χ0n) is 13.9. The summed E-state index contributed by atoms with van der Waals surface area (Å²) in [7, 11) is 0. The number of aromatic nitrogens is 2. The molecule has 2 N–H and O–H groups in total. The summed E-state index contributed by atoms with van der Waals surface area (Å²) in [4.78, 5) is 22.7. The van der Waals surface area contributed by atoms with Gasteiger partial charge in [-0.3, -0.25) is 20.0 Å². The normalized spacial score (nSPS) is 10.7. The zero-order valence-corrected chi connectivity index (χ0v) is 15.4. The lowest BCUT2D eigenvalue weighted by Gasteiger charge is -2.08. The van der Waals surface area contributed by atoms with Crippen LogP contribution in [-0.2, 0) is 0 Å². The molecule has 0 aliphatic carbocycles. The molecule has 0 saturated heterocycles. The molecule has 0 radical (unpaired) electrons. The van der Waals surface area contributed by atoms with Gasteiger partial charge in [-0.1, -0.05) is 23.2 Å². The van der Waals surface area contributed by atoms with E-state index >= 15 is 0 Å². The number of fused-ring (bicyclic) bond motifs is 1. The van der Waals surface area contributed by atoms with Gasteiger partial charge in [0.1, 0.15) is 5.75 Å². The summed E-state index contributed by atoms with van der Waals surface area (Å²) >= 11 is 11.8. The number of benzene rings is 2. The largest absolute Gasteiger partial charge is 0.492 e. The fourth-order valence-corrected chi connectivity index (χ4v) is 2.88. The number of nitro benzene ring substituents is 1. The number of hydrogen-bond donors (Lipinski definition) is 2. The third kappa shape index (κ3) is 4.47. The van der Waals surface area contributed by atoms with Crippen LogP contribution in [0.5, 0.6) is 5.75 Å². The maximum atomic E-state index is 12.3. The van der Waals surface area contributed by atoms with Gasteiger partial charge in [0.25, 0.3) is 11.6 Å². The van der Waals surface area contributed by atoms with E-state index in [0.717, 1.165) is 0 Å². The number of aromatic amines is 1. The maximum absolute atomic E-state index is 12.3. The average Bonchev–Trinajstić information content (AvgIpc) is 3.06. The van der Waals surface area contributed by atoms with Crippen LogP contribution in [0.4, 0.5) is 5.69 Å². The number of carbonyl (C=O) groups excluding carboxylic acids is 1. The molecule has 0 saturated carbocycles. The summed E-state index contributed by atoms with van der Waals surface area (Å²) < 4.78 is 5.54. The molecule has 0 bridgehead atoms. The highest BCUT2D eigenvalue weighted by atomic mass is 35.5. The predicted molar refractivity (Wildman–Crippen MR) is 102 cm³/mol. The second-order valence-electron chi connectivity index (χ2n) is 5.59. The molecule has 3 rings (SSSR count). The topological polar surface area (TPSA) is 110 Å². The quantitative estimate of drug-likeness (QED) is 0.349. The molecule has 0 aliphatic heterocycles. The van der Waals surface area contributed by atoms with Crippen LogP contribution < -0.4 is 10.1 Å². The van der Waals surface area contributed by atoms with E-state index in [-0.39, 0.29) is 11.4 Å². The van der Waals surface area contributed by atoms with Crippen molar-refractivity contribution < 1.29 is 14.5 Å². The van der Waals surface area contributed by atoms with Crippen molar-refractivity contribution >= 4 is 45.7 Å². The highest BCUT2D eigenvalue weighted by Gasteiger charge is 2.16. The van der Waals surface area contributed by atoms with E-state index in [0.29, 0.717) is 46.3 Å². The molecule has 0 fully saturated rings. The lowest BCUT2D eigenvalue weighted by molar-refractivity contribution is -0.384. The number of halogens is 2. The lowest BCUT2D eigenvalue weighted by atomic mass is 10.2. The molecular weight excluding hydrogens is 395 g/mol. The second kappa shape index (κ2) is 8.24. The first-order chi connectivity index (χ1) is 13.0. The summed E-state index contributed by atoms with van der Waals surface area (Å²) in [6, 6.07) is 9.11. The van der Waals surface area contributed by atoms with E-state index in [1.165, 1.54) is 18.2 Å². The van der Waals surface area contributed by atoms with E-state index in [9.17, 15) is 14.9 Å².